The van der Waals surface area contributed by atoms with Gasteiger partial charge in [0, 0.05) is 26.6 Å². The first-order valence-electron chi connectivity index (χ1n) is 5.28. The second-order valence-corrected chi connectivity index (χ2v) is 6.37. The number of hydrogen-bond donors (Lipinski definition) is 0. The van der Waals surface area contributed by atoms with Crippen molar-refractivity contribution in [3.63, 3.8) is 0 Å². The Morgan fingerprint density at radius 1 is 1.47 bits per heavy atom. The smallest absolute Gasteiger partial charge is 0.153 e. The molecule has 0 spiro atoms. The van der Waals surface area contributed by atoms with E-state index in [1.807, 2.05) is 0 Å². The monoisotopic (exact) mass is 234 g/mol. The molecule has 15 heavy (non-hydrogen) atoms. The third-order valence-corrected chi connectivity index (χ3v) is 5.00. The van der Waals surface area contributed by atoms with Crippen LogP contribution in [-0.4, -0.2) is 38.9 Å². The molecule has 0 N–H and O–H groups in total. The van der Waals surface area contributed by atoms with E-state index in [1.54, 1.807) is 7.11 Å². The minimum absolute atomic E-state index is 0.0848. The normalized spacial score (nSPS) is 23.0. The summed E-state index contributed by atoms with van der Waals surface area (Å²) in [6.45, 7) is 0.458. The quantitative estimate of drug-likeness (QED) is 0.664. The lowest BCUT2D eigenvalue weighted by atomic mass is 9.99. The minimum atomic E-state index is -3.09. The fourth-order valence-electron chi connectivity index (χ4n) is 1.86. The van der Waals surface area contributed by atoms with Gasteiger partial charge in [-0.3, -0.25) is 4.79 Å². The Kier molecular flexibility index (Phi) is 4.73. The van der Waals surface area contributed by atoms with Crippen LogP contribution in [0.4, 0.5) is 0 Å². The minimum Gasteiger partial charge on any atom is -0.385 e. The average molecular weight is 234 g/mol. The maximum atomic E-state index is 11.8. The van der Waals surface area contributed by atoms with Gasteiger partial charge in [-0.15, -0.1) is 0 Å². The molecule has 0 aromatic heterocycles. The lowest BCUT2D eigenvalue weighted by Gasteiger charge is -2.20. The Labute approximate surface area is 90.9 Å². The van der Waals surface area contributed by atoms with Gasteiger partial charge in [-0.1, -0.05) is 0 Å². The van der Waals surface area contributed by atoms with Crippen molar-refractivity contribution < 1.29 is 17.9 Å². The van der Waals surface area contributed by atoms with Gasteiger partial charge in [-0.05, 0) is 19.3 Å². The summed E-state index contributed by atoms with van der Waals surface area (Å²) < 4.78 is 28.4. The molecule has 1 rings (SSSR count). The number of sulfone groups is 1. The van der Waals surface area contributed by atoms with Gasteiger partial charge in [0.1, 0.15) is 5.78 Å². The van der Waals surface area contributed by atoms with Crippen LogP contribution in [0.5, 0.6) is 0 Å². The molecule has 0 radical (unpaired) electrons. The highest BCUT2D eigenvalue weighted by Crippen LogP contribution is 2.22. The van der Waals surface area contributed by atoms with Crippen LogP contribution in [0.15, 0.2) is 0 Å². The van der Waals surface area contributed by atoms with E-state index in [0.717, 1.165) is 0 Å². The molecule has 0 aromatic rings. The number of methoxy groups -OCH3 is 1. The Balaban J connectivity index is 2.49. The second-order valence-electron chi connectivity index (χ2n) is 3.97. The van der Waals surface area contributed by atoms with Gasteiger partial charge >= 0.3 is 0 Å². The van der Waals surface area contributed by atoms with Crippen molar-refractivity contribution in [2.45, 2.75) is 37.4 Å². The van der Waals surface area contributed by atoms with E-state index < -0.39 is 15.1 Å². The molecule has 1 atom stereocenters. The zero-order valence-corrected chi connectivity index (χ0v) is 9.88. The maximum Gasteiger partial charge on any atom is 0.153 e. The van der Waals surface area contributed by atoms with Crippen molar-refractivity contribution in [1.29, 1.82) is 0 Å². The summed E-state index contributed by atoms with van der Waals surface area (Å²) in [7, 11) is -1.54. The maximum absolute atomic E-state index is 11.8. The van der Waals surface area contributed by atoms with Crippen molar-refractivity contribution >= 4 is 15.6 Å². The van der Waals surface area contributed by atoms with Crippen molar-refractivity contribution in [1.82, 2.24) is 0 Å². The molecule has 0 saturated heterocycles. The molecule has 4 nitrogen and oxygen atoms in total. The fourth-order valence-corrected chi connectivity index (χ4v) is 3.68. The van der Waals surface area contributed by atoms with E-state index in [0.29, 0.717) is 32.3 Å². The summed E-state index contributed by atoms with van der Waals surface area (Å²) in [5.41, 5.74) is 0. The molecule has 0 aliphatic heterocycles. The van der Waals surface area contributed by atoms with Crippen LogP contribution in [0.25, 0.3) is 0 Å². The van der Waals surface area contributed by atoms with Crippen LogP contribution in [0.1, 0.15) is 32.1 Å². The van der Waals surface area contributed by atoms with Gasteiger partial charge in [-0.25, -0.2) is 8.42 Å². The van der Waals surface area contributed by atoms with Gasteiger partial charge in [0.05, 0.1) is 11.0 Å². The van der Waals surface area contributed by atoms with E-state index in [4.69, 9.17) is 4.74 Å². The molecule has 0 heterocycles. The van der Waals surface area contributed by atoms with E-state index in [2.05, 4.69) is 0 Å². The Morgan fingerprint density at radius 3 is 2.80 bits per heavy atom. The van der Waals surface area contributed by atoms with Crippen molar-refractivity contribution in [2.75, 3.05) is 19.5 Å². The molecule has 0 amide bonds. The highest BCUT2D eigenvalue weighted by Gasteiger charge is 2.30. The number of ketones is 1. The van der Waals surface area contributed by atoms with Crippen molar-refractivity contribution in [3.05, 3.63) is 0 Å². The molecule has 1 aliphatic rings. The van der Waals surface area contributed by atoms with Crippen LogP contribution in [0, 0.1) is 0 Å². The second kappa shape index (κ2) is 5.61. The van der Waals surface area contributed by atoms with Crippen molar-refractivity contribution in [3.8, 4) is 0 Å². The molecule has 1 saturated carbocycles. The molecule has 1 aliphatic carbocycles. The number of rotatable bonds is 5. The van der Waals surface area contributed by atoms with E-state index in [-0.39, 0.29) is 18.0 Å². The van der Waals surface area contributed by atoms with Gasteiger partial charge in [0.15, 0.2) is 9.84 Å². The summed E-state index contributed by atoms with van der Waals surface area (Å²) >= 11 is 0. The summed E-state index contributed by atoms with van der Waals surface area (Å²) in [6.07, 6.45) is 2.64. The lowest BCUT2D eigenvalue weighted by molar-refractivity contribution is -0.120. The average Bonchev–Trinajstić information content (AvgIpc) is 2.18. The largest absolute Gasteiger partial charge is 0.385 e. The van der Waals surface area contributed by atoms with Crippen LogP contribution in [-0.2, 0) is 19.4 Å². The number of carbonyl (C=O) groups is 1. The van der Waals surface area contributed by atoms with Gasteiger partial charge in [0.25, 0.3) is 0 Å². The zero-order chi connectivity index (χ0) is 11.3. The Hall–Kier alpha value is -0.420. The molecule has 0 aromatic carbocycles. The molecule has 88 valence electrons. The summed E-state index contributed by atoms with van der Waals surface area (Å²) in [6, 6.07) is 0. The number of carbonyl (C=O) groups excluding carboxylic acids is 1. The third-order valence-electron chi connectivity index (χ3n) is 2.72. The first-order chi connectivity index (χ1) is 7.06. The first kappa shape index (κ1) is 12.6. The van der Waals surface area contributed by atoms with Crippen LogP contribution in [0.2, 0.25) is 0 Å². The Bertz CT molecular complexity index is 307. The standard InChI is InChI=1S/C10H18O4S/c1-14-6-3-7-15(12,13)10-5-2-4-9(11)8-10/h10H,2-8H2,1H3. The molecular weight excluding hydrogens is 216 g/mol. The van der Waals surface area contributed by atoms with Gasteiger partial charge < -0.3 is 4.74 Å². The zero-order valence-electron chi connectivity index (χ0n) is 9.07. The first-order valence-corrected chi connectivity index (χ1v) is 7.00. The number of Topliss-reactive ketones (excluding diaryl/α,β-unsaturated/α-hetero) is 1. The Morgan fingerprint density at radius 2 is 2.20 bits per heavy atom. The summed E-state index contributed by atoms with van der Waals surface area (Å²) in [5, 5.41) is -0.435. The fraction of sp³-hybridized carbons (Fsp3) is 0.900. The molecule has 0 bridgehead atoms. The highest BCUT2D eigenvalue weighted by atomic mass is 32.2. The van der Waals surface area contributed by atoms with Crippen molar-refractivity contribution in [2.24, 2.45) is 0 Å². The number of hydrogen-bond acceptors (Lipinski definition) is 4. The molecular formula is C10H18O4S. The van der Waals surface area contributed by atoms with Gasteiger partial charge in [-0.2, -0.15) is 0 Å². The third kappa shape index (κ3) is 3.91. The topological polar surface area (TPSA) is 60.4 Å². The van der Waals surface area contributed by atoms with Crippen LogP contribution < -0.4 is 0 Å². The number of ether oxygens (including phenoxy) is 1. The van der Waals surface area contributed by atoms with Gasteiger partial charge in [0.2, 0.25) is 0 Å². The predicted molar refractivity (Wildman–Crippen MR) is 57.5 cm³/mol. The highest BCUT2D eigenvalue weighted by molar-refractivity contribution is 7.92. The molecule has 1 unspecified atom stereocenters. The van der Waals surface area contributed by atoms with E-state index in [9.17, 15) is 13.2 Å². The lowest BCUT2D eigenvalue weighted by Crippen LogP contribution is -2.30. The van der Waals surface area contributed by atoms with Crippen LogP contribution in [0.3, 0.4) is 0 Å². The molecule has 5 heteroatoms. The summed E-state index contributed by atoms with van der Waals surface area (Å²) in [5.74, 6) is 0.222. The molecule has 1 fully saturated rings. The van der Waals surface area contributed by atoms with Crippen LogP contribution >= 0.6 is 0 Å². The predicted octanol–water partition coefficient (Wildman–Crippen LogP) is 0.949. The SMILES string of the molecule is COCCCS(=O)(=O)C1CCCC(=O)C1. The van der Waals surface area contributed by atoms with E-state index in [1.165, 1.54) is 0 Å². The summed E-state index contributed by atoms with van der Waals surface area (Å²) in [4.78, 5) is 11.2. The van der Waals surface area contributed by atoms with E-state index >= 15 is 0 Å².